The fourth-order valence-corrected chi connectivity index (χ4v) is 2.13. The van der Waals surface area contributed by atoms with Crippen molar-refractivity contribution in [3.63, 3.8) is 0 Å². The molecular formula is C12H8NO6S-. The summed E-state index contributed by atoms with van der Waals surface area (Å²) in [6.07, 6.45) is 0. The van der Waals surface area contributed by atoms with E-state index in [1.807, 2.05) is 0 Å². The number of hydrogen-bond donors (Lipinski definition) is 0. The number of nitro benzene ring substituents is 1. The Labute approximate surface area is 114 Å². The van der Waals surface area contributed by atoms with E-state index in [4.69, 9.17) is 4.74 Å². The van der Waals surface area contributed by atoms with Crippen LogP contribution in [0.25, 0.3) is 0 Å². The first-order chi connectivity index (χ1) is 9.38. The van der Waals surface area contributed by atoms with Crippen LogP contribution in [0.1, 0.15) is 0 Å². The number of rotatable bonds is 4. The molecule has 104 valence electrons. The molecule has 0 spiro atoms. The van der Waals surface area contributed by atoms with Crippen molar-refractivity contribution < 1.29 is 22.6 Å². The zero-order chi connectivity index (χ0) is 14.8. The standard InChI is InChI=1S/C12H9NO6S/c14-13(15)9-6-7-11(12(8-9)20(16,17)18)19-10-4-2-1-3-5-10/h1-8H,(H,16,17,18)/p-1. The van der Waals surface area contributed by atoms with Crippen molar-refractivity contribution in [1.82, 2.24) is 0 Å². The lowest BCUT2D eigenvalue weighted by atomic mass is 10.3. The molecule has 0 aliphatic carbocycles. The van der Waals surface area contributed by atoms with Gasteiger partial charge in [0.2, 0.25) is 0 Å². The molecule has 0 fully saturated rings. The van der Waals surface area contributed by atoms with Crippen LogP contribution in [0.5, 0.6) is 11.5 Å². The van der Waals surface area contributed by atoms with Crippen molar-refractivity contribution in [2.45, 2.75) is 4.90 Å². The largest absolute Gasteiger partial charge is 0.744 e. The summed E-state index contributed by atoms with van der Waals surface area (Å²) in [5, 5.41) is 10.6. The lowest BCUT2D eigenvalue weighted by molar-refractivity contribution is -0.385. The molecule has 0 radical (unpaired) electrons. The van der Waals surface area contributed by atoms with E-state index >= 15 is 0 Å². The summed E-state index contributed by atoms with van der Waals surface area (Å²) >= 11 is 0. The van der Waals surface area contributed by atoms with Crippen LogP contribution in [-0.2, 0) is 10.1 Å². The lowest BCUT2D eigenvalue weighted by Crippen LogP contribution is -2.02. The van der Waals surface area contributed by atoms with Gasteiger partial charge in [-0.1, -0.05) is 18.2 Å². The van der Waals surface area contributed by atoms with Crippen molar-refractivity contribution in [1.29, 1.82) is 0 Å². The predicted octanol–water partition coefficient (Wildman–Crippen LogP) is 2.29. The Bertz CT molecular complexity index is 742. The number of ether oxygens (including phenoxy) is 1. The molecule has 0 aromatic heterocycles. The van der Waals surface area contributed by atoms with E-state index in [9.17, 15) is 23.1 Å². The summed E-state index contributed by atoms with van der Waals surface area (Å²) in [4.78, 5) is 9.06. The molecule has 0 bridgehead atoms. The van der Waals surface area contributed by atoms with Crippen molar-refractivity contribution in [2.24, 2.45) is 0 Å². The first-order valence-corrected chi connectivity index (χ1v) is 6.76. The molecule has 0 amide bonds. The van der Waals surface area contributed by atoms with Gasteiger partial charge in [-0.25, -0.2) is 8.42 Å². The molecule has 0 unspecified atom stereocenters. The summed E-state index contributed by atoms with van der Waals surface area (Å²) in [5.41, 5.74) is -0.500. The van der Waals surface area contributed by atoms with Crippen LogP contribution in [0.3, 0.4) is 0 Å². The number of nitrogens with zero attached hydrogens (tertiary/aromatic N) is 1. The normalized spacial score (nSPS) is 11.1. The maximum absolute atomic E-state index is 11.2. The van der Waals surface area contributed by atoms with Gasteiger partial charge < -0.3 is 9.29 Å². The molecule has 0 heterocycles. The molecule has 0 aliphatic rings. The van der Waals surface area contributed by atoms with Gasteiger partial charge in [0, 0.05) is 12.1 Å². The molecule has 0 N–H and O–H groups in total. The second-order valence-corrected chi connectivity index (χ2v) is 5.11. The van der Waals surface area contributed by atoms with Gasteiger partial charge in [0.05, 0.1) is 4.92 Å². The quantitative estimate of drug-likeness (QED) is 0.486. The summed E-state index contributed by atoms with van der Waals surface area (Å²) in [7, 11) is -4.89. The molecular weight excluding hydrogens is 286 g/mol. The third kappa shape index (κ3) is 3.11. The van der Waals surface area contributed by atoms with Crippen molar-refractivity contribution in [3.05, 3.63) is 58.6 Å². The van der Waals surface area contributed by atoms with Gasteiger partial charge in [0.25, 0.3) is 5.69 Å². The Morgan fingerprint density at radius 3 is 2.25 bits per heavy atom. The maximum Gasteiger partial charge on any atom is 0.270 e. The molecule has 8 heteroatoms. The predicted molar refractivity (Wildman–Crippen MR) is 67.6 cm³/mol. The Morgan fingerprint density at radius 2 is 1.70 bits per heavy atom. The molecule has 20 heavy (non-hydrogen) atoms. The zero-order valence-corrected chi connectivity index (χ0v) is 10.7. The number of nitro groups is 1. The van der Waals surface area contributed by atoms with E-state index in [0.29, 0.717) is 11.8 Å². The Morgan fingerprint density at radius 1 is 1.05 bits per heavy atom. The van der Waals surface area contributed by atoms with Crippen LogP contribution < -0.4 is 4.74 Å². The average molecular weight is 294 g/mol. The first kappa shape index (κ1) is 14.0. The summed E-state index contributed by atoms with van der Waals surface area (Å²) in [6.45, 7) is 0. The topological polar surface area (TPSA) is 110 Å². The fourth-order valence-electron chi connectivity index (χ4n) is 1.51. The van der Waals surface area contributed by atoms with Crippen molar-refractivity contribution >= 4 is 15.8 Å². The van der Waals surface area contributed by atoms with E-state index < -0.39 is 25.6 Å². The first-order valence-electron chi connectivity index (χ1n) is 5.35. The van der Waals surface area contributed by atoms with Gasteiger partial charge in [0.15, 0.2) is 0 Å². The Balaban J connectivity index is 2.50. The third-order valence-electron chi connectivity index (χ3n) is 2.38. The molecule has 2 rings (SSSR count). The van der Waals surface area contributed by atoms with Gasteiger partial charge >= 0.3 is 0 Å². The van der Waals surface area contributed by atoms with Crippen molar-refractivity contribution in [3.8, 4) is 11.5 Å². The number of non-ortho nitro benzene ring substituents is 1. The number of hydrogen-bond acceptors (Lipinski definition) is 6. The SMILES string of the molecule is O=[N+]([O-])c1ccc(Oc2ccccc2)c(S(=O)(=O)[O-])c1. The zero-order valence-electron chi connectivity index (χ0n) is 9.92. The van der Waals surface area contributed by atoms with Gasteiger partial charge in [-0.3, -0.25) is 10.1 Å². The second-order valence-electron chi connectivity index (χ2n) is 3.76. The molecule has 2 aromatic carbocycles. The minimum Gasteiger partial charge on any atom is -0.744 e. The molecule has 0 aliphatic heterocycles. The van der Waals surface area contributed by atoms with Crippen LogP contribution in [0.15, 0.2) is 53.4 Å². The highest BCUT2D eigenvalue weighted by Gasteiger charge is 2.17. The average Bonchev–Trinajstić information content (AvgIpc) is 2.39. The van der Waals surface area contributed by atoms with Crippen LogP contribution in [0.4, 0.5) is 5.69 Å². The Kier molecular flexibility index (Phi) is 3.68. The molecule has 2 aromatic rings. The van der Waals surface area contributed by atoms with Gasteiger partial charge in [-0.2, -0.15) is 0 Å². The molecule has 0 saturated carbocycles. The van der Waals surface area contributed by atoms with Crippen LogP contribution in [0, 0.1) is 10.1 Å². The summed E-state index contributed by atoms with van der Waals surface area (Å²) in [6, 6.07) is 11.0. The summed E-state index contributed by atoms with van der Waals surface area (Å²) < 4.78 is 38.8. The van der Waals surface area contributed by atoms with Crippen LogP contribution in [-0.4, -0.2) is 17.9 Å². The highest BCUT2D eigenvalue weighted by Crippen LogP contribution is 2.31. The van der Waals surface area contributed by atoms with E-state index in [-0.39, 0.29) is 5.75 Å². The van der Waals surface area contributed by atoms with E-state index in [1.54, 1.807) is 30.3 Å². The van der Waals surface area contributed by atoms with Gasteiger partial charge in [-0.15, -0.1) is 0 Å². The maximum atomic E-state index is 11.2. The molecule has 0 atom stereocenters. The van der Waals surface area contributed by atoms with Crippen LogP contribution in [0.2, 0.25) is 0 Å². The second kappa shape index (κ2) is 5.27. The van der Waals surface area contributed by atoms with E-state index in [0.717, 1.165) is 12.1 Å². The minimum absolute atomic E-state index is 0.253. The lowest BCUT2D eigenvalue weighted by Gasteiger charge is -2.13. The monoisotopic (exact) mass is 294 g/mol. The molecule has 7 nitrogen and oxygen atoms in total. The Hall–Kier alpha value is -2.45. The smallest absolute Gasteiger partial charge is 0.270 e. The highest BCUT2D eigenvalue weighted by atomic mass is 32.2. The van der Waals surface area contributed by atoms with E-state index in [1.165, 1.54) is 0 Å². The summed E-state index contributed by atoms with van der Waals surface area (Å²) in [5.74, 6) is 0.0584. The number of benzene rings is 2. The van der Waals surface area contributed by atoms with Gasteiger partial charge in [0.1, 0.15) is 26.5 Å². The van der Waals surface area contributed by atoms with Crippen LogP contribution >= 0.6 is 0 Å². The fraction of sp³-hybridized carbons (Fsp3) is 0. The third-order valence-corrected chi connectivity index (χ3v) is 3.24. The van der Waals surface area contributed by atoms with Crippen molar-refractivity contribution in [2.75, 3.05) is 0 Å². The van der Waals surface area contributed by atoms with Gasteiger partial charge in [-0.05, 0) is 18.2 Å². The molecule has 0 saturated heterocycles. The number of para-hydroxylation sites is 1. The highest BCUT2D eigenvalue weighted by molar-refractivity contribution is 7.85. The van der Waals surface area contributed by atoms with E-state index in [2.05, 4.69) is 0 Å². The minimum atomic E-state index is -4.89.